The van der Waals surface area contributed by atoms with Gasteiger partial charge in [-0.3, -0.25) is 0 Å². The van der Waals surface area contributed by atoms with E-state index >= 15 is 0 Å². The average Bonchev–Trinajstić information content (AvgIpc) is 3.95. The fourth-order valence-electron chi connectivity index (χ4n) is 7.67. The molecule has 254 valence electrons. The van der Waals surface area contributed by atoms with Crippen LogP contribution in [0.1, 0.15) is 0 Å². The number of para-hydroxylation sites is 1. The van der Waals surface area contributed by atoms with Crippen LogP contribution in [0.5, 0.6) is 0 Å². The third kappa shape index (κ3) is 5.09. The minimum atomic E-state index is 0.875. The number of anilines is 3. The maximum atomic E-state index is 6.37. The van der Waals surface area contributed by atoms with Crippen LogP contribution in [0, 0.1) is 0 Å². The zero-order chi connectivity index (χ0) is 35.6. The molecule has 5 heteroatoms. The molecule has 0 unspecified atom stereocenters. The molecular formula is C49H30N2O2S. The molecule has 0 N–H and O–H groups in total. The largest absolute Gasteiger partial charge is 0.456 e. The lowest BCUT2D eigenvalue weighted by molar-refractivity contribution is 0.668. The number of rotatable bonds is 6. The van der Waals surface area contributed by atoms with E-state index in [1.807, 2.05) is 24.3 Å². The minimum absolute atomic E-state index is 0.875. The molecular weight excluding hydrogens is 681 g/mol. The summed E-state index contributed by atoms with van der Waals surface area (Å²) in [6.45, 7) is 0. The van der Waals surface area contributed by atoms with Gasteiger partial charge in [0.2, 0.25) is 0 Å². The molecule has 11 rings (SSSR count). The molecule has 54 heavy (non-hydrogen) atoms. The van der Waals surface area contributed by atoms with E-state index in [0.29, 0.717) is 0 Å². The molecule has 0 spiro atoms. The molecule has 0 bridgehead atoms. The van der Waals surface area contributed by atoms with Crippen molar-refractivity contribution in [3.05, 3.63) is 182 Å². The van der Waals surface area contributed by atoms with Crippen LogP contribution in [-0.2, 0) is 0 Å². The molecule has 0 fully saturated rings. The van der Waals surface area contributed by atoms with Gasteiger partial charge in [-0.15, -0.1) is 11.3 Å². The Hall–Kier alpha value is -6.95. The monoisotopic (exact) mass is 710 g/mol. The zero-order valence-corrected chi connectivity index (χ0v) is 29.8. The summed E-state index contributed by atoms with van der Waals surface area (Å²) in [5, 5.41) is 5.43. The Balaban J connectivity index is 1.01. The van der Waals surface area contributed by atoms with E-state index in [0.717, 1.165) is 92.9 Å². The third-order valence-electron chi connectivity index (χ3n) is 10.3. The van der Waals surface area contributed by atoms with E-state index in [1.54, 1.807) is 11.3 Å². The SMILES string of the molecule is c1ccc(-c2ccc(N(c3ccc(-c4ccc5oc6ccc7nc(-c8ccccc8)sc7c6c5c4)cc3)c3ccc4oc5ccccc5c4c3)cc2)cc1. The molecule has 4 nitrogen and oxygen atoms in total. The topological polar surface area (TPSA) is 42.4 Å². The van der Waals surface area contributed by atoms with Gasteiger partial charge in [0.15, 0.2) is 0 Å². The van der Waals surface area contributed by atoms with E-state index in [-0.39, 0.29) is 0 Å². The summed E-state index contributed by atoms with van der Waals surface area (Å²) in [4.78, 5) is 7.31. The van der Waals surface area contributed by atoms with Gasteiger partial charge in [-0.2, -0.15) is 0 Å². The number of furan rings is 2. The average molecular weight is 711 g/mol. The lowest BCUT2D eigenvalue weighted by Crippen LogP contribution is -2.09. The number of nitrogens with zero attached hydrogens (tertiary/aromatic N) is 2. The van der Waals surface area contributed by atoms with Crippen molar-refractivity contribution in [3.63, 3.8) is 0 Å². The van der Waals surface area contributed by atoms with Gasteiger partial charge < -0.3 is 13.7 Å². The van der Waals surface area contributed by atoms with Crippen LogP contribution in [0.2, 0.25) is 0 Å². The zero-order valence-electron chi connectivity index (χ0n) is 28.9. The Morgan fingerprint density at radius 3 is 1.69 bits per heavy atom. The fourth-order valence-corrected chi connectivity index (χ4v) is 8.79. The summed E-state index contributed by atoms with van der Waals surface area (Å²) in [6.07, 6.45) is 0. The quantitative estimate of drug-likeness (QED) is 0.172. The fraction of sp³-hybridized carbons (Fsp3) is 0. The van der Waals surface area contributed by atoms with Crippen molar-refractivity contribution in [2.24, 2.45) is 0 Å². The van der Waals surface area contributed by atoms with E-state index in [4.69, 9.17) is 13.8 Å². The summed E-state index contributed by atoms with van der Waals surface area (Å²) >= 11 is 1.72. The molecule has 0 aliphatic rings. The molecule has 0 saturated carbocycles. The molecule has 0 radical (unpaired) electrons. The van der Waals surface area contributed by atoms with E-state index in [2.05, 4.69) is 163 Å². The van der Waals surface area contributed by atoms with Crippen LogP contribution in [0.3, 0.4) is 0 Å². The number of fused-ring (bicyclic) bond motifs is 8. The predicted octanol–water partition coefficient (Wildman–Crippen LogP) is 14.6. The van der Waals surface area contributed by atoms with Crippen LogP contribution >= 0.6 is 11.3 Å². The van der Waals surface area contributed by atoms with Crippen molar-refractivity contribution in [1.29, 1.82) is 0 Å². The van der Waals surface area contributed by atoms with Crippen LogP contribution < -0.4 is 4.90 Å². The molecule has 0 atom stereocenters. The highest BCUT2D eigenvalue weighted by atomic mass is 32.1. The van der Waals surface area contributed by atoms with Gasteiger partial charge in [0.1, 0.15) is 27.3 Å². The van der Waals surface area contributed by atoms with Crippen molar-refractivity contribution in [1.82, 2.24) is 4.98 Å². The van der Waals surface area contributed by atoms with E-state index in [1.165, 1.54) is 11.1 Å². The Labute approximate surface area is 314 Å². The third-order valence-corrected chi connectivity index (χ3v) is 11.5. The van der Waals surface area contributed by atoms with E-state index in [9.17, 15) is 0 Å². The summed E-state index contributed by atoms with van der Waals surface area (Å²) in [5.74, 6) is 0. The second-order valence-corrected chi connectivity index (χ2v) is 14.6. The normalized spacial score (nSPS) is 11.7. The Kier molecular flexibility index (Phi) is 7.00. The van der Waals surface area contributed by atoms with Crippen molar-refractivity contribution in [3.8, 4) is 32.8 Å². The van der Waals surface area contributed by atoms with Crippen molar-refractivity contribution in [2.45, 2.75) is 0 Å². The lowest BCUT2D eigenvalue weighted by atomic mass is 10.0. The van der Waals surface area contributed by atoms with Gasteiger partial charge in [-0.05, 0) is 95.1 Å². The summed E-state index contributed by atoms with van der Waals surface area (Å²) < 4.78 is 13.7. The summed E-state index contributed by atoms with van der Waals surface area (Å²) in [5.41, 5.74) is 13.5. The molecule has 0 aliphatic carbocycles. The second kappa shape index (κ2) is 12.3. The highest BCUT2D eigenvalue weighted by Crippen LogP contribution is 2.43. The molecule has 11 aromatic rings. The summed E-state index contributed by atoms with van der Waals surface area (Å²) in [7, 11) is 0. The molecule has 8 aromatic carbocycles. The lowest BCUT2D eigenvalue weighted by Gasteiger charge is -2.26. The molecule has 0 aliphatic heterocycles. The first-order valence-electron chi connectivity index (χ1n) is 18.0. The smallest absolute Gasteiger partial charge is 0.137 e. The van der Waals surface area contributed by atoms with Crippen molar-refractivity contribution < 1.29 is 8.83 Å². The molecule has 0 amide bonds. The maximum absolute atomic E-state index is 6.37. The van der Waals surface area contributed by atoms with Crippen LogP contribution in [-0.4, -0.2) is 4.98 Å². The Morgan fingerprint density at radius 2 is 0.926 bits per heavy atom. The number of hydrogen-bond donors (Lipinski definition) is 0. The maximum Gasteiger partial charge on any atom is 0.137 e. The van der Waals surface area contributed by atoms with Crippen LogP contribution in [0.4, 0.5) is 17.1 Å². The van der Waals surface area contributed by atoms with Gasteiger partial charge in [-0.25, -0.2) is 4.98 Å². The first-order valence-corrected chi connectivity index (χ1v) is 18.8. The standard InChI is InChI=1S/C49H30N2O2S/c1-3-9-31(10-4-1)32-15-20-36(21-16-32)51(38-24-27-44-40(30-38)39-13-7-8-14-43(39)52-44)37-22-17-33(18-23-37)35-19-26-45-41(29-35)47-46(53-45)28-25-42-48(47)54-49(50-42)34-11-5-2-6-12-34/h1-30H. The number of benzene rings is 8. The number of aromatic nitrogens is 1. The highest BCUT2D eigenvalue weighted by Gasteiger charge is 2.18. The van der Waals surface area contributed by atoms with Crippen molar-refractivity contribution >= 4 is 82.5 Å². The second-order valence-electron chi connectivity index (χ2n) is 13.6. The highest BCUT2D eigenvalue weighted by molar-refractivity contribution is 7.22. The molecule has 3 heterocycles. The summed E-state index contributed by atoms with van der Waals surface area (Å²) in [6, 6.07) is 63.9. The van der Waals surface area contributed by atoms with Gasteiger partial charge in [-0.1, -0.05) is 109 Å². The minimum Gasteiger partial charge on any atom is -0.456 e. The molecule has 0 saturated heterocycles. The Morgan fingerprint density at radius 1 is 0.389 bits per heavy atom. The Bertz CT molecular complexity index is 3140. The van der Waals surface area contributed by atoms with Crippen LogP contribution in [0.25, 0.3) is 86.9 Å². The van der Waals surface area contributed by atoms with Crippen molar-refractivity contribution in [2.75, 3.05) is 4.90 Å². The van der Waals surface area contributed by atoms with Gasteiger partial charge in [0.25, 0.3) is 0 Å². The number of thiazole rings is 1. The van der Waals surface area contributed by atoms with Gasteiger partial charge in [0.05, 0.1) is 10.2 Å². The van der Waals surface area contributed by atoms with E-state index < -0.39 is 0 Å². The van der Waals surface area contributed by atoms with Crippen LogP contribution in [0.15, 0.2) is 191 Å². The van der Waals surface area contributed by atoms with Gasteiger partial charge in [0, 0.05) is 44.2 Å². The van der Waals surface area contributed by atoms with Gasteiger partial charge >= 0.3 is 0 Å². The first-order chi connectivity index (χ1) is 26.7. The number of hydrogen-bond acceptors (Lipinski definition) is 5. The molecule has 3 aromatic heterocycles. The predicted molar refractivity (Wildman–Crippen MR) is 225 cm³/mol. The first kappa shape index (κ1) is 30.7.